The SMILES string of the molecule is O=C(/C=C/c1ccsc1)NC(Cc1ccccc1)C(=O)N1CCCC1. The van der Waals surface area contributed by atoms with Gasteiger partial charge in [-0.2, -0.15) is 11.3 Å². The Morgan fingerprint density at radius 1 is 1.16 bits per heavy atom. The normalized spacial score (nSPS) is 15.4. The van der Waals surface area contributed by atoms with Gasteiger partial charge in [0, 0.05) is 25.6 Å². The maximum Gasteiger partial charge on any atom is 0.245 e. The van der Waals surface area contributed by atoms with Crippen molar-refractivity contribution in [2.45, 2.75) is 25.3 Å². The van der Waals surface area contributed by atoms with Crippen LogP contribution in [0.3, 0.4) is 0 Å². The summed E-state index contributed by atoms with van der Waals surface area (Å²) in [4.78, 5) is 27.0. The number of carbonyl (C=O) groups is 2. The quantitative estimate of drug-likeness (QED) is 0.811. The van der Waals surface area contributed by atoms with Crippen LogP contribution in [0.1, 0.15) is 24.0 Å². The number of amides is 2. The van der Waals surface area contributed by atoms with Gasteiger partial charge in [-0.3, -0.25) is 9.59 Å². The van der Waals surface area contributed by atoms with Gasteiger partial charge >= 0.3 is 0 Å². The van der Waals surface area contributed by atoms with Crippen molar-refractivity contribution in [2.24, 2.45) is 0 Å². The van der Waals surface area contributed by atoms with Gasteiger partial charge in [-0.25, -0.2) is 0 Å². The van der Waals surface area contributed by atoms with Crippen molar-refractivity contribution in [1.29, 1.82) is 0 Å². The van der Waals surface area contributed by atoms with Crippen molar-refractivity contribution < 1.29 is 9.59 Å². The van der Waals surface area contributed by atoms with E-state index in [1.807, 2.05) is 52.1 Å². The van der Waals surface area contributed by atoms with Crippen molar-refractivity contribution in [3.63, 3.8) is 0 Å². The average molecular weight is 354 g/mol. The third-order valence-corrected chi connectivity index (χ3v) is 4.99. The van der Waals surface area contributed by atoms with Gasteiger partial charge in [0.25, 0.3) is 0 Å². The predicted molar refractivity (Wildman–Crippen MR) is 101 cm³/mol. The summed E-state index contributed by atoms with van der Waals surface area (Å²) in [5, 5.41) is 6.83. The highest BCUT2D eigenvalue weighted by molar-refractivity contribution is 7.08. The highest BCUT2D eigenvalue weighted by Crippen LogP contribution is 2.13. The maximum absolute atomic E-state index is 12.8. The second-order valence-corrected chi connectivity index (χ2v) is 6.95. The van der Waals surface area contributed by atoms with Gasteiger partial charge in [0.05, 0.1) is 0 Å². The van der Waals surface area contributed by atoms with Crippen LogP contribution in [0.25, 0.3) is 6.08 Å². The molecule has 4 nitrogen and oxygen atoms in total. The van der Waals surface area contributed by atoms with Crippen molar-refractivity contribution >= 4 is 29.2 Å². The first kappa shape index (κ1) is 17.4. The second kappa shape index (κ2) is 8.62. The molecule has 0 bridgehead atoms. The predicted octanol–water partition coefficient (Wildman–Crippen LogP) is 3.11. The highest BCUT2D eigenvalue weighted by Gasteiger charge is 2.27. The minimum absolute atomic E-state index is 0.0126. The topological polar surface area (TPSA) is 49.4 Å². The number of nitrogens with zero attached hydrogens (tertiary/aromatic N) is 1. The Labute approximate surface area is 152 Å². The van der Waals surface area contributed by atoms with Crippen LogP contribution in [-0.4, -0.2) is 35.8 Å². The van der Waals surface area contributed by atoms with Crippen LogP contribution in [0.4, 0.5) is 0 Å². The molecule has 2 heterocycles. The van der Waals surface area contributed by atoms with E-state index in [1.54, 1.807) is 17.4 Å². The van der Waals surface area contributed by atoms with E-state index >= 15 is 0 Å². The third-order valence-electron chi connectivity index (χ3n) is 4.29. The van der Waals surface area contributed by atoms with E-state index in [0.29, 0.717) is 6.42 Å². The molecule has 25 heavy (non-hydrogen) atoms. The number of benzene rings is 1. The lowest BCUT2D eigenvalue weighted by Crippen LogP contribution is -2.48. The summed E-state index contributed by atoms with van der Waals surface area (Å²) in [5.74, 6) is -0.224. The maximum atomic E-state index is 12.8. The summed E-state index contributed by atoms with van der Waals surface area (Å²) >= 11 is 1.58. The van der Waals surface area contributed by atoms with Crippen molar-refractivity contribution in [3.05, 3.63) is 64.4 Å². The van der Waals surface area contributed by atoms with E-state index < -0.39 is 6.04 Å². The van der Waals surface area contributed by atoms with Crippen LogP contribution in [-0.2, 0) is 16.0 Å². The summed E-state index contributed by atoms with van der Waals surface area (Å²) < 4.78 is 0. The first-order valence-corrected chi connectivity index (χ1v) is 9.50. The van der Waals surface area contributed by atoms with Crippen LogP contribution in [0, 0.1) is 0 Å². The lowest BCUT2D eigenvalue weighted by Gasteiger charge is -2.23. The number of nitrogens with one attached hydrogen (secondary N) is 1. The summed E-state index contributed by atoms with van der Waals surface area (Å²) in [6.45, 7) is 1.56. The molecule has 1 N–H and O–H groups in total. The Hall–Kier alpha value is -2.40. The number of thiophene rings is 1. The minimum atomic E-state index is -0.528. The van der Waals surface area contributed by atoms with Gasteiger partial charge in [0.2, 0.25) is 11.8 Å². The first-order chi connectivity index (χ1) is 12.2. The summed E-state index contributed by atoms with van der Waals surface area (Å²) in [6.07, 6.45) is 5.85. The lowest BCUT2D eigenvalue weighted by atomic mass is 10.0. The smallest absolute Gasteiger partial charge is 0.245 e. The van der Waals surface area contributed by atoms with E-state index in [2.05, 4.69) is 5.32 Å². The second-order valence-electron chi connectivity index (χ2n) is 6.17. The monoisotopic (exact) mass is 354 g/mol. The standard InChI is InChI=1S/C20H22N2O2S/c23-19(9-8-17-10-13-25-15-17)21-18(14-16-6-2-1-3-7-16)20(24)22-11-4-5-12-22/h1-3,6-10,13,15,18H,4-5,11-12,14H2,(H,21,23)/b9-8+. The Bertz CT molecular complexity index is 719. The van der Waals surface area contributed by atoms with Crippen molar-refractivity contribution in [1.82, 2.24) is 10.2 Å². The minimum Gasteiger partial charge on any atom is -0.341 e. The molecule has 130 valence electrons. The molecular formula is C20H22N2O2S. The molecule has 0 saturated carbocycles. The Morgan fingerprint density at radius 2 is 1.92 bits per heavy atom. The molecular weight excluding hydrogens is 332 g/mol. The zero-order chi connectivity index (χ0) is 17.5. The third kappa shape index (κ3) is 5.03. The van der Waals surface area contributed by atoms with Gasteiger partial charge in [-0.05, 0) is 46.9 Å². The number of hydrogen-bond acceptors (Lipinski definition) is 3. The van der Waals surface area contributed by atoms with Crippen molar-refractivity contribution in [3.8, 4) is 0 Å². The number of carbonyl (C=O) groups excluding carboxylic acids is 2. The zero-order valence-corrected chi connectivity index (χ0v) is 14.9. The molecule has 0 spiro atoms. The Balaban J connectivity index is 1.68. The molecule has 1 atom stereocenters. The Morgan fingerprint density at radius 3 is 2.60 bits per heavy atom. The number of likely N-dealkylation sites (tertiary alicyclic amines) is 1. The van der Waals surface area contributed by atoms with Gasteiger partial charge in [0.15, 0.2) is 0 Å². The molecule has 3 rings (SSSR count). The average Bonchev–Trinajstić information content (AvgIpc) is 3.33. The molecule has 1 aliphatic heterocycles. The summed E-state index contributed by atoms with van der Waals surface area (Å²) in [5.41, 5.74) is 2.03. The summed E-state index contributed by atoms with van der Waals surface area (Å²) in [7, 11) is 0. The molecule has 1 aromatic carbocycles. The van der Waals surface area contributed by atoms with E-state index in [1.165, 1.54) is 6.08 Å². The number of hydrogen-bond donors (Lipinski definition) is 1. The van der Waals surface area contributed by atoms with Crippen LogP contribution in [0.5, 0.6) is 0 Å². The number of rotatable bonds is 6. The van der Waals surface area contributed by atoms with Gasteiger partial charge in [0.1, 0.15) is 6.04 Å². The molecule has 1 aromatic heterocycles. The highest BCUT2D eigenvalue weighted by atomic mass is 32.1. The van der Waals surface area contributed by atoms with E-state index in [9.17, 15) is 9.59 Å². The molecule has 1 unspecified atom stereocenters. The molecule has 5 heteroatoms. The van der Waals surface area contributed by atoms with Gasteiger partial charge in [-0.1, -0.05) is 30.3 Å². The molecule has 0 aliphatic carbocycles. The van der Waals surface area contributed by atoms with Crippen molar-refractivity contribution in [2.75, 3.05) is 13.1 Å². The van der Waals surface area contributed by atoms with Crippen LogP contribution >= 0.6 is 11.3 Å². The van der Waals surface area contributed by atoms with E-state index in [-0.39, 0.29) is 11.8 Å². The fourth-order valence-corrected chi connectivity index (χ4v) is 3.60. The molecule has 0 radical (unpaired) electrons. The van der Waals surface area contributed by atoms with Crippen LogP contribution < -0.4 is 5.32 Å². The van der Waals surface area contributed by atoms with Gasteiger partial charge in [-0.15, -0.1) is 0 Å². The van der Waals surface area contributed by atoms with Gasteiger partial charge < -0.3 is 10.2 Å². The largest absolute Gasteiger partial charge is 0.341 e. The summed E-state index contributed by atoms with van der Waals surface area (Å²) in [6, 6.07) is 11.2. The van der Waals surface area contributed by atoms with Crippen LogP contribution in [0.15, 0.2) is 53.2 Å². The van der Waals surface area contributed by atoms with E-state index in [0.717, 1.165) is 37.1 Å². The molecule has 1 aliphatic rings. The first-order valence-electron chi connectivity index (χ1n) is 8.56. The molecule has 2 aromatic rings. The fraction of sp³-hybridized carbons (Fsp3) is 0.300. The lowest BCUT2D eigenvalue weighted by molar-refractivity contribution is -0.134. The fourth-order valence-electron chi connectivity index (χ4n) is 2.97. The molecule has 2 amide bonds. The zero-order valence-electron chi connectivity index (χ0n) is 14.1. The van der Waals surface area contributed by atoms with Crippen LogP contribution in [0.2, 0.25) is 0 Å². The Kier molecular flexibility index (Phi) is 6.01. The molecule has 1 fully saturated rings. The van der Waals surface area contributed by atoms with E-state index in [4.69, 9.17) is 0 Å². The molecule has 1 saturated heterocycles.